The van der Waals surface area contributed by atoms with Gasteiger partial charge in [0.2, 0.25) is 0 Å². The summed E-state index contributed by atoms with van der Waals surface area (Å²) in [6, 6.07) is 30.5. The van der Waals surface area contributed by atoms with Crippen molar-refractivity contribution in [3.8, 4) is 0 Å². The zero-order valence-corrected chi connectivity index (χ0v) is 23.5. The first-order valence-electron chi connectivity index (χ1n) is 10.8. The van der Waals surface area contributed by atoms with Crippen LogP contribution in [0.3, 0.4) is 0 Å². The van der Waals surface area contributed by atoms with Gasteiger partial charge in [0, 0.05) is 0 Å². The van der Waals surface area contributed by atoms with Gasteiger partial charge in [-0.1, -0.05) is 73.0 Å². The van der Waals surface area contributed by atoms with E-state index in [4.69, 9.17) is 0 Å². The SMILES string of the molecule is Cc1[cH-]c2cccc(C)c2c1[Si](Cc1ccccc1)c1c(C)[cH-]c2cccc(C)c12.[Cl-].[Cl-].[Ti+4]. The van der Waals surface area contributed by atoms with Gasteiger partial charge in [-0.05, 0) is 28.7 Å². The summed E-state index contributed by atoms with van der Waals surface area (Å²) in [6.45, 7) is 9.18. The first-order valence-corrected chi connectivity index (χ1v) is 12.5. The maximum absolute atomic E-state index is 2.40. The molecule has 5 rings (SSSR count). The van der Waals surface area contributed by atoms with Crippen LogP contribution in [0.15, 0.2) is 78.9 Å². The summed E-state index contributed by atoms with van der Waals surface area (Å²) >= 11 is 0. The van der Waals surface area contributed by atoms with Crippen LogP contribution in [0.4, 0.5) is 0 Å². The van der Waals surface area contributed by atoms with Crippen molar-refractivity contribution in [2.24, 2.45) is 0 Å². The van der Waals surface area contributed by atoms with Gasteiger partial charge in [-0.3, -0.25) is 0 Å². The topological polar surface area (TPSA) is 0 Å². The summed E-state index contributed by atoms with van der Waals surface area (Å²) in [5.74, 6) is 0. The van der Waals surface area contributed by atoms with Crippen LogP contribution in [0.25, 0.3) is 21.5 Å². The third-order valence-corrected chi connectivity index (χ3v) is 9.73. The van der Waals surface area contributed by atoms with E-state index < -0.39 is 8.80 Å². The molecule has 0 amide bonds. The van der Waals surface area contributed by atoms with E-state index in [-0.39, 0.29) is 46.5 Å². The molecule has 0 aliphatic heterocycles. The molecule has 0 atom stereocenters. The molecule has 5 aromatic rings. The predicted molar refractivity (Wildman–Crippen MR) is 133 cm³/mol. The van der Waals surface area contributed by atoms with E-state index in [1.165, 1.54) is 49.4 Å². The minimum atomic E-state index is -1.02. The molecular weight excluding hydrogens is 495 g/mol. The number of hydrogen-bond acceptors (Lipinski definition) is 0. The molecule has 0 heterocycles. The molecular formula is C29H27Cl2SiTi. The zero-order chi connectivity index (χ0) is 20.8. The minimum absolute atomic E-state index is 0. The van der Waals surface area contributed by atoms with E-state index in [2.05, 4.69) is 107 Å². The molecule has 0 saturated heterocycles. The number of rotatable bonds is 4. The second-order valence-corrected chi connectivity index (χ2v) is 10.9. The molecule has 0 aliphatic carbocycles. The van der Waals surface area contributed by atoms with Crippen LogP contribution in [0.5, 0.6) is 0 Å². The predicted octanol–water partition coefficient (Wildman–Crippen LogP) is 0.0609. The third-order valence-electron chi connectivity index (χ3n) is 6.47. The Kier molecular flexibility index (Phi) is 9.39. The summed E-state index contributed by atoms with van der Waals surface area (Å²) in [4.78, 5) is 0. The summed E-state index contributed by atoms with van der Waals surface area (Å²) in [5.41, 5.74) is 7.14. The van der Waals surface area contributed by atoms with Crippen LogP contribution in [-0.2, 0) is 27.8 Å². The van der Waals surface area contributed by atoms with Crippen LogP contribution < -0.4 is 35.2 Å². The van der Waals surface area contributed by atoms with Crippen molar-refractivity contribution in [1.29, 1.82) is 0 Å². The fraction of sp³-hybridized carbons (Fsp3) is 0.172. The van der Waals surface area contributed by atoms with Gasteiger partial charge >= 0.3 is 21.7 Å². The van der Waals surface area contributed by atoms with E-state index in [1.54, 1.807) is 10.4 Å². The molecule has 5 aromatic carbocycles. The Morgan fingerprint density at radius 2 is 1.06 bits per heavy atom. The van der Waals surface area contributed by atoms with E-state index in [0.29, 0.717) is 0 Å². The van der Waals surface area contributed by atoms with E-state index in [9.17, 15) is 0 Å². The van der Waals surface area contributed by atoms with Crippen LogP contribution >= 0.6 is 0 Å². The molecule has 33 heavy (non-hydrogen) atoms. The molecule has 0 bridgehead atoms. The van der Waals surface area contributed by atoms with Crippen LogP contribution in [0.1, 0.15) is 27.8 Å². The summed E-state index contributed by atoms with van der Waals surface area (Å²) in [5, 5.41) is 8.97. The van der Waals surface area contributed by atoms with Crippen molar-refractivity contribution in [1.82, 2.24) is 0 Å². The van der Waals surface area contributed by atoms with Crippen LogP contribution in [-0.4, -0.2) is 8.80 Å². The zero-order valence-electron chi connectivity index (χ0n) is 19.5. The average molecular weight is 522 g/mol. The Bertz CT molecular complexity index is 1280. The maximum Gasteiger partial charge on any atom is 4.00 e. The standard InChI is InChI=1S/C29H27Si.2ClH.Ti/c1-19-10-8-14-24-16-21(3)28(26(19)24)30(18-23-12-6-5-7-13-23)29-22(4)17-25-15-9-11-20(2)27(25)29;;;/h5-17H,18H2,1-4H3;2*1H;/q-2;;;+4/p-2. The summed E-state index contributed by atoms with van der Waals surface area (Å²) in [7, 11) is -1.02. The second-order valence-electron chi connectivity index (χ2n) is 8.62. The Balaban J connectivity index is 0.00000128. The number of fused-ring (bicyclic) bond motifs is 2. The van der Waals surface area contributed by atoms with Crippen molar-refractivity contribution in [3.05, 3.63) is 107 Å². The van der Waals surface area contributed by atoms with Crippen molar-refractivity contribution >= 4 is 40.7 Å². The third kappa shape index (κ3) is 4.94. The van der Waals surface area contributed by atoms with Crippen molar-refractivity contribution in [2.75, 3.05) is 0 Å². The number of hydrogen-bond donors (Lipinski definition) is 0. The number of aryl methyl sites for hydroxylation is 4. The monoisotopic (exact) mass is 521 g/mol. The second kappa shape index (κ2) is 11.2. The largest absolute Gasteiger partial charge is 4.00 e. The molecule has 4 heteroatoms. The number of halogens is 2. The van der Waals surface area contributed by atoms with Gasteiger partial charge in [-0.25, -0.2) is 0 Å². The molecule has 165 valence electrons. The van der Waals surface area contributed by atoms with Gasteiger partial charge in [-0.15, -0.1) is 69.1 Å². The molecule has 0 fully saturated rings. The molecule has 0 saturated carbocycles. The Morgan fingerprint density at radius 1 is 0.606 bits per heavy atom. The quantitative estimate of drug-likeness (QED) is 0.232. The van der Waals surface area contributed by atoms with E-state index in [0.717, 1.165) is 6.04 Å². The van der Waals surface area contributed by atoms with Crippen molar-refractivity contribution in [3.63, 3.8) is 0 Å². The Labute approximate surface area is 226 Å². The Morgan fingerprint density at radius 3 is 1.52 bits per heavy atom. The number of benzene rings is 3. The molecule has 0 unspecified atom stereocenters. The van der Waals surface area contributed by atoms with Crippen LogP contribution in [0.2, 0.25) is 0 Å². The normalized spacial score (nSPS) is 10.7. The van der Waals surface area contributed by atoms with E-state index >= 15 is 0 Å². The minimum Gasteiger partial charge on any atom is -1.00 e. The summed E-state index contributed by atoms with van der Waals surface area (Å²) in [6.07, 6.45) is 0. The van der Waals surface area contributed by atoms with Crippen LogP contribution in [0, 0.1) is 27.7 Å². The fourth-order valence-electron chi connectivity index (χ4n) is 5.19. The van der Waals surface area contributed by atoms with E-state index in [1.807, 2.05) is 0 Å². The maximum atomic E-state index is 2.40. The fourth-order valence-corrected chi connectivity index (χ4v) is 8.82. The van der Waals surface area contributed by atoms with Gasteiger partial charge in [0.1, 0.15) is 0 Å². The van der Waals surface area contributed by atoms with Gasteiger partial charge in [-0.2, -0.15) is 10.4 Å². The van der Waals surface area contributed by atoms with Gasteiger partial charge in [0.15, 0.2) is 0 Å². The van der Waals surface area contributed by atoms with Gasteiger partial charge in [0.05, 0.1) is 0 Å². The van der Waals surface area contributed by atoms with Crippen molar-refractivity contribution in [2.45, 2.75) is 33.7 Å². The smallest absolute Gasteiger partial charge is 1.00 e. The Hall–Kier alpha value is -1.61. The molecule has 0 aliphatic rings. The average Bonchev–Trinajstić information content (AvgIpc) is 3.25. The van der Waals surface area contributed by atoms with Crippen molar-refractivity contribution < 1.29 is 46.5 Å². The van der Waals surface area contributed by atoms with Gasteiger partial charge in [0.25, 0.3) is 0 Å². The van der Waals surface area contributed by atoms with Gasteiger partial charge < -0.3 is 24.8 Å². The first-order chi connectivity index (χ1) is 14.5. The molecule has 0 N–H and O–H groups in total. The molecule has 0 aromatic heterocycles. The summed E-state index contributed by atoms with van der Waals surface area (Å²) < 4.78 is 0. The molecule has 0 spiro atoms. The molecule has 0 nitrogen and oxygen atoms in total. The molecule has 1 radical (unpaired) electrons. The first kappa shape index (κ1) is 27.6.